The van der Waals surface area contributed by atoms with Crippen LogP contribution in [0.3, 0.4) is 0 Å². The lowest BCUT2D eigenvalue weighted by Gasteiger charge is -2.37. The first-order chi connectivity index (χ1) is 29.1. The zero-order chi connectivity index (χ0) is 44.5. The number of ketones is 2. The Morgan fingerprint density at radius 3 is 2.23 bits per heavy atom. The van der Waals surface area contributed by atoms with Crippen LogP contribution in [0, 0.1) is 11.8 Å². The average molecular weight is 852 g/mol. The second-order valence-electron chi connectivity index (χ2n) is 14.6. The molecule has 0 unspecified atom stereocenters. The molecule has 328 valence electrons. The van der Waals surface area contributed by atoms with E-state index in [-0.39, 0.29) is 67.1 Å². The standard InChI is InChI=1S/C41H50N6O14/c42-41(43)44-13-5-8-26(38(55)45-22-29(50)19-27(20-35(52)53)39(56)46-32(23-48)40(57)58)18-28(49)11-12-36(54)60-24-47(14-16-59-17-15-47)34-21-33(51)31-10-4-9-30(37(31)61-34)25-6-2-1-3-7-25/h1-4,6-7,9-10,21,26-27,32,48H,5,8,11-20,22-24H2,(H7-,42,43,44,45,46,52,53,55,56,57,58)/p+1/t26-,27+,32+/m1/s1. The molecule has 1 aliphatic heterocycles. The van der Waals surface area contributed by atoms with Gasteiger partial charge < -0.3 is 51.3 Å². The molecule has 0 saturated carbocycles. The Morgan fingerprint density at radius 2 is 1.57 bits per heavy atom. The van der Waals surface area contributed by atoms with E-state index in [2.05, 4.69) is 10.3 Å². The van der Waals surface area contributed by atoms with Crippen molar-refractivity contribution in [3.63, 3.8) is 0 Å². The molecular weight excluding hydrogens is 800 g/mol. The molecule has 0 bridgehead atoms. The van der Waals surface area contributed by atoms with Gasteiger partial charge in [-0.15, -0.1) is 0 Å². The van der Waals surface area contributed by atoms with Crippen molar-refractivity contribution in [1.29, 1.82) is 0 Å². The summed E-state index contributed by atoms with van der Waals surface area (Å²) in [4.78, 5) is 105. The lowest BCUT2D eigenvalue weighted by atomic mass is 9.94. The predicted molar refractivity (Wildman–Crippen MR) is 219 cm³/mol. The van der Waals surface area contributed by atoms with Gasteiger partial charge in [0.1, 0.15) is 24.9 Å². The molecule has 2 heterocycles. The van der Waals surface area contributed by atoms with E-state index in [1.807, 2.05) is 41.7 Å². The summed E-state index contributed by atoms with van der Waals surface area (Å²) in [6.07, 6.45) is -2.11. The largest absolute Gasteiger partial charge is 0.481 e. The third-order valence-corrected chi connectivity index (χ3v) is 10.1. The number of hydrogen-bond acceptors (Lipinski definition) is 13. The normalized spacial score (nSPS) is 14.8. The van der Waals surface area contributed by atoms with Crippen molar-refractivity contribution < 1.29 is 62.8 Å². The molecule has 0 radical (unpaired) electrons. The first-order valence-electron chi connectivity index (χ1n) is 19.6. The fourth-order valence-corrected chi connectivity index (χ4v) is 6.73. The first kappa shape index (κ1) is 47.2. The highest BCUT2D eigenvalue weighted by molar-refractivity contribution is 5.95. The van der Waals surface area contributed by atoms with E-state index >= 15 is 0 Å². The number of nitrogens with two attached hydrogens (primary N) is 2. The number of hydrogen-bond donors (Lipinski definition) is 7. The third kappa shape index (κ3) is 14.0. The van der Waals surface area contributed by atoms with Crippen molar-refractivity contribution in [2.24, 2.45) is 28.3 Å². The number of para-hydroxylation sites is 1. The van der Waals surface area contributed by atoms with Gasteiger partial charge in [0.2, 0.25) is 18.5 Å². The smallest absolute Gasteiger partial charge is 0.328 e. The summed E-state index contributed by atoms with van der Waals surface area (Å²) < 4.78 is 17.7. The average Bonchev–Trinajstić information content (AvgIpc) is 3.24. The molecular formula is C41H51N6O14+. The highest BCUT2D eigenvalue weighted by Gasteiger charge is 2.38. The second-order valence-corrected chi connectivity index (χ2v) is 14.6. The number of carbonyl (C=O) groups excluding carboxylic acids is 5. The van der Waals surface area contributed by atoms with E-state index in [4.69, 9.17) is 30.5 Å². The van der Waals surface area contributed by atoms with Crippen molar-refractivity contribution in [1.82, 2.24) is 15.1 Å². The molecule has 4 rings (SSSR count). The number of aliphatic imine (C=N–C) groups is 1. The lowest BCUT2D eigenvalue weighted by Crippen LogP contribution is -2.58. The number of amides is 2. The SMILES string of the molecule is NC(N)=NCCC[C@H](CC(=O)CCC(=O)OC[N+]1(c2cc(=O)c3cccc(-c4ccccc4)c3o2)CCOCC1)C(=O)NCC(=O)C[C@@H](CC(=O)O)C(=O)N[C@@H](CO)C(=O)O. The number of nitrogens with zero attached hydrogens (tertiary/aromatic N) is 2. The Balaban J connectivity index is 1.38. The van der Waals surface area contributed by atoms with Crippen LogP contribution in [0.15, 0.2) is 68.8 Å². The number of guanidine groups is 1. The zero-order valence-corrected chi connectivity index (χ0v) is 33.4. The van der Waals surface area contributed by atoms with E-state index in [0.29, 0.717) is 37.3 Å². The van der Waals surface area contributed by atoms with Crippen LogP contribution >= 0.6 is 0 Å². The molecule has 1 saturated heterocycles. The minimum absolute atomic E-state index is 0.0298. The highest BCUT2D eigenvalue weighted by atomic mass is 16.6. The van der Waals surface area contributed by atoms with E-state index < -0.39 is 85.2 Å². The Morgan fingerprint density at radius 1 is 0.869 bits per heavy atom. The molecule has 1 aliphatic rings. The number of ether oxygens (including phenoxy) is 2. The van der Waals surface area contributed by atoms with Gasteiger partial charge in [-0.3, -0.25) is 38.6 Å². The number of carboxylic acids is 2. The van der Waals surface area contributed by atoms with Crippen LogP contribution in [0.25, 0.3) is 22.1 Å². The van der Waals surface area contributed by atoms with Crippen LogP contribution in [0.1, 0.15) is 44.9 Å². The topological polar surface area (TPSA) is 317 Å². The quantitative estimate of drug-likeness (QED) is 0.0211. The highest BCUT2D eigenvalue weighted by Crippen LogP contribution is 2.33. The maximum absolute atomic E-state index is 13.4. The summed E-state index contributed by atoms with van der Waals surface area (Å²) in [6.45, 7) is -0.457. The fourth-order valence-electron chi connectivity index (χ4n) is 6.73. The number of aliphatic hydroxyl groups excluding tert-OH is 1. The number of quaternary nitrogens is 1. The molecule has 3 atom stereocenters. The van der Waals surface area contributed by atoms with Gasteiger partial charge in [0, 0.05) is 37.3 Å². The van der Waals surface area contributed by atoms with Crippen molar-refractivity contribution in [3.8, 4) is 11.1 Å². The summed E-state index contributed by atoms with van der Waals surface area (Å²) in [5, 5.41) is 32.3. The van der Waals surface area contributed by atoms with E-state index in [1.54, 1.807) is 12.1 Å². The van der Waals surface area contributed by atoms with Gasteiger partial charge in [-0.25, -0.2) is 9.28 Å². The number of morpholine rings is 1. The Kier molecular flexibility index (Phi) is 17.6. The number of benzene rings is 2. The second kappa shape index (κ2) is 22.7. The maximum atomic E-state index is 13.4. The number of carboxylic acid groups (broad SMARTS) is 2. The molecule has 0 spiro atoms. The molecule has 2 aromatic carbocycles. The molecule has 2 amide bonds. The number of carbonyl (C=O) groups is 7. The Labute approximate surface area is 349 Å². The van der Waals surface area contributed by atoms with Gasteiger partial charge in [0.15, 0.2) is 22.8 Å². The predicted octanol–water partition coefficient (Wildman–Crippen LogP) is 0.435. The van der Waals surface area contributed by atoms with E-state index in [1.165, 1.54) is 6.07 Å². The number of esters is 1. The number of Topliss-reactive ketones (excluding diaryl/α,β-unsaturated/α-hetero) is 2. The molecule has 1 aromatic heterocycles. The molecule has 61 heavy (non-hydrogen) atoms. The molecule has 9 N–H and O–H groups in total. The van der Waals surface area contributed by atoms with Gasteiger partial charge in [0.25, 0.3) is 0 Å². The summed E-state index contributed by atoms with van der Waals surface area (Å²) >= 11 is 0. The number of fused-ring (bicyclic) bond motifs is 1. The fraction of sp³-hybridized carbons (Fsp3) is 0.439. The molecule has 0 aliphatic carbocycles. The zero-order valence-electron chi connectivity index (χ0n) is 33.4. The Hall–Kier alpha value is -6.51. The van der Waals surface area contributed by atoms with Crippen LogP contribution in [-0.2, 0) is 43.0 Å². The molecule has 1 fully saturated rings. The number of rotatable bonds is 24. The molecule has 3 aromatic rings. The van der Waals surface area contributed by atoms with Gasteiger partial charge in [-0.05, 0) is 24.5 Å². The monoisotopic (exact) mass is 851 g/mol. The number of aliphatic carboxylic acids is 2. The van der Waals surface area contributed by atoms with Crippen molar-refractivity contribution in [3.05, 3.63) is 64.8 Å². The summed E-state index contributed by atoms with van der Waals surface area (Å²) in [5.41, 5.74) is 12.5. The summed E-state index contributed by atoms with van der Waals surface area (Å²) in [6, 6.07) is 14.4. The maximum Gasteiger partial charge on any atom is 0.328 e. The van der Waals surface area contributed by atoms with Crippen LogP contribution in [-0.4, -0.2) is 121 Å². The molecule has 20 nitrogen and oxygen atoms in total. The van der Waals surface area contributed by atoms with E-state index in [0.717, 1.165) is 11.1 Å². The lowest BCUT2D eigenvalue weighted by molar-refractivity contribution is -0.151. The Bertz CT molecular complexity index is 2150. The third-order valence-electron chi connectivity index (χ3n) is 10.1. The first-order valence-corrected chi connectivity index (χ1v) is 19.6. The van der Waals surface area contributed by atoms with Crippen LogP contribution in [0.5, 0.6) is 0 Å². The number of aliphatic hydroxyl groups is 1. The van der Waals surface area contributed by atoms with Gasteiger partial charge in [0.05, 0.1) is 56.6 Å². The van der Waals surface area contributed by atoms with Crippen molar-refractivity contribution >= 4 is 64.1 Å². The van der Waals surface area contributed by atoms with Crippen LogP contribution in [0.2, 0.25) is 0 Å². The van der Waals surface area contributed by atoms with Gasteiger partial charge >= 0.3 is 23.8 Å². The van der Waals surface area contributed by atoms with Crippen LogP contribution < -0.4 is 32.0 Å². The summed E-state index contributed by atoms with van der Waals surface area (Å²) in [5.74, 6) is -9.18. The van der Waals surface area contributed by atoms with Crippen molar-refractivity contribution in [2.75, 3.05) is 52.7 Å². The minimum Gasteiger partial charge on any atom is -0.481 e. The van der Waals surface area contributed by atoms with Gasteiger partial charge in [-0.2, -0.15) is 0 Å². The van der Waals surface area contributed by atoms with Crippen molar-refractivity contribution in [2.45, 2.75) is 51.0 Å². The van der Waals surface area contributed by atoms with E-state index in [9.17, 15) is 48.6 Å². The van der Waals surface area contributed by atoms with Crippen LogP contribution in [0.4, 0.5) is 5.88 Å². The number of nitrogens with one attached hydrogen (secondary N) is 2. The summed E-state index contributed by atoms with van der Waals surface area (Å²) in [7, 11) is 0. The van der Waals surface area contributed by atoms with Gasteiger partial charge in [-0.1, -0.05) is 42.5 Å². The molecule has 20 heteroatoms. The minimum atomic E-state index is -1.73.